The van der Waals surface area contributed by atoms with E-state index in [2.05, 4.69) is 32.7 Å². The minimum absolute atomic E-state index is 0.0232. The summed E-state index contributed by atoms with van der Waals surface area (Å²) in [6, 6.07) is 12.2. The summed E-state index contributed by atoms with van der Waals surface area (Å²) >= 11 is 5.98. The topological polar surface area (TPSA) is 73.1 Å². The summed E-state index contributed by atoms with van der Waals surface area (Å²) in [5.41, 5.74) is 1.28. The molecule has 1 aliphatic heterocycles. The zero-order chi connectivity index (χ0) is 22.1. The monoisotopic (exact) mass is 445 g/mol. The Balaban J connectivity index is 1.49. The van der Waals surface area contributed by atoms with Crippen molar-refractivity contribution in [3.8, 4) is 0 Å². The molecule has 2 aromatic rings. The molecule has 0 aliphatic carbocycles. The number of carbonyl (C=O) groups is 1. The minimum atomic E-state index is -0.0232. The summed E-state index contributed by atoms with van der Waals surface area (Å²) in [6.45, 7) is 3.76. The Morgan fingerprint density at radius 2 is 1.97 bits per heavy atom. The highest BCUT2D eigenvalue weighted by Gasteiger charge is 2.20. The Morgan fingerprint density at radius 3 is 2.61 bits per heavy atom. The van der Waals surface area contributed by atoms with Crippen LogP contribution in [0.2, 0.25) is 5.02 Å². The van der Waals surface area contributed by atoms with E-state index in [0.29, 0.717) is 18.5 Å². The molecule has 1 saturated heterocycles. The minimum Gasteiger partial charge on any atom is -0.469 e. The molecule has 2 heterocycles. The lowest BCUT2D eigenvalue weighted by atomic mass is 10.0. The molecule has 168 valence electrons. The van der Waals surface area contributed by atoms with E-state index in [1.54, 1.807) is 25.3 Å². The van der Waals surface area contributed by atoms with Crippen molar-refractivity contribution in [3.05, 3.63) is 59.0 Å². The molecule has 1 aliphatic rings. The number of nitrogens with one attached hydrogen (secondary N) is 2. The van der Waals surface area contributed by atoms with Crippen LogP contribution >= 0.6 is 11.6 Å². The summed E-state index contributed by atoms with van der Waals surface area (Å²) in [5, 5.41) is 7.62. The van der Waals surface area contributed by atoms with Gasteiger partial charge in [0.05, 0.1) is 6.26 Å². The molecule has 0 radical (unpaired) electrons. The number of likely N-dealkylation sites (tertiary alicyclic amines) is 1. The smallest absolute Gasteiger partial charge is 0.243 e. The fourth-order valence-electron chi connectivity index (χ4n) is 3.48. The number of hydrogen-bond donors (Lipinski definition) is 2. The van der Waals surface area contributed by atoms with Crippen molar-refractivity contribution in [1.29, 1.82) is 0 Å². The molecule has 7 nitrogen and oxygen atoms in total. The van der Waals surface area contributed by atoms with E-state index in [1.165, 1.54) is 5.56 Å². The molecule has 0 atom stereocenters. The van der Waals surface area contributed by atoms with E-state index >= 15 is 0 Å². The molecule has 3 rings (SSSR count). The zero-order valence-corrected chi connectivity index (χ0v) is 19.1. The number of rotatable bonds is 8. The van der Waals surface area contributed by atoms with Crippen LogP contribution in [-0.2, 0) is 17.8 Å². The molecule has 1 amide bonds. The quantitative estimate of drug-likeness (QED) is 0.483. The number of guanidine groups is 1. The number of hydrogen-bond acceptors (Lipinski definition) is 4. The first-order valence-electron chi connectivity index (χ1n) is 10.7. The summed E-state index contributed by atoms with van der Waals surface area (Å²) in [4.78, 5) is 20.5. The summed E-state index contributed by atoms with van der Waals surface area (Å²) < 4.78 is 5.39. The van der Waals surface area contributed by atoms with Gasteiger partial charge in [0.2, 0.25) is 5.91 Å². The van der Waals surface area contributed by atoms with Crippen LogP contribution in [0.15, 0.2) is 52.1 Å². The number of nitrogens with zero attached hydrogens (tertiary/aromatic N) is 3. The van der Waals surface area contributed by atoms with Crippen molar-refractivity contribution in [2.75, 3.05) is 40.3 Å². The van der Waals surface area contributed by atoms with Crippen LogP contribution in [0.25, 0.3) is 0 Å². The summed E-state index contributed by atoms with van der Waals surface area (Å²) in [6.07, 6.45) is 4.48. The molecule has 2 N–H and O–H groups in total. The van der Waals surface area contributed by atoms with Gasteiger partial charge in [0.1, 0.15) is 12.3 Å². The number of benzene rings is 1. The molecular weight excluding hydrogens is 414 g/mol. The summed E-state index contributed by atoms with van der Waals surface area (Å²) in [5.74, 6) is 1.58. The van der Waals surface area contributed by atoms with Gasteiger partial charge in [-0.25, -0.2) is 4.99 Å². The third-order valence-electron chi connectivity index (χ3n) is 5.36. The van der Waals surface area contributed by atoms with Crippen LogP contribution in [0, 0.1) is 0 Å². The van der Waals surface area contributed by atoms with Crippen molar-refractivity contribution in [3.63, 3.8) is 0 Å². The van der Waals surface area contributed by atoms with Crippen LogP contribution in [0.3, 0.4) is 0 Å². The number of piperidine rings is 1. The van der Waals surface area contributed by atoms with Crippen molar-refractivity contribution in [2.45, 2.75) is 31.8 Å². The van der Waals surface area contributed by atoms with E-state index < -0.39 is 0 Å². The zero-order valence-electron chi connectivity index (χ0n) is 18.3. The Labute approximate surface area is 189 Å². The number of furan rings is 1. The van der Waals surface area contributed by atoms with E-state index in [0.717, 1.165) is 49.7 Å². The summed E-state index contributed by atoms with van der Waals surface area (Å²) in [7, 11) is 3.48. The first-order valence-corrected chi connectivity index (χ1v) is 11.1. The highest BCUT2D eigenvalue weighted by atomic mass is 35.5. The third-order valence-corrected chi connectivity index (χ3v) is 5.62. The maximum atomic E-state index is 12.0. The van der Waals surface area contributed by atoms with Gasteiger partial charge in [0.25, 0.3) is 0 Å². The second-order valence-electron chi connectivity index (χ2n) is 8.03. The lowest BCUT2D eigenvalue weighted by molar-refractivity contribution is -0.127. The van der Waals surface area contributed by atoms with Gasteiger partial charge in [-0.15, -0.1) is 0 Å². The highest BCUT2D eigenvalue weighted by molar-refractivity contribution is 6.30. The Kier molecular flexibility index (Phi) is 8.79. The van der Waals surface area contributed by atoms with Crippen LogP contribution < -0.4 is 10.6 Å². The second-order valence-corrected chi connectivity index (χ2v) is 8.47. The average Bonchev–Trinajstić information content (AvgIpc) is 3.28. The molecule has 0 bridgehead atoms. The van der Waals surface area contributed by atoms with Gasteiger partial charge in [0.15, 0.2) is 5.96 Å². The maximum absolute atomic E-state index is 12.0. The van der Waals surface area contributed by atoms with Crippen molar-refractivity contribution in [2.24, 2.45) is 4.99 Å². The van der Waals surface area contributed by atoms with E-state index in [9.17, 15) is 4.79 Å². The molecule has 0 saturated carbocycles. The normalized spacial score (nSPS) is 15.6. The number of aliphatic imine (C=N–C) groups is 1. The Hall–Kier alpha value is -2.51. The van der Waals surface area contributed by atoms with Gasteiger partial charge >= 0.3 is 0 Å². The maximum Gasteiger partial charge on any atom is 0.243 e. The van der Waals surface area contributed by atoms with Crippen LogP contribution in [0.1, 0.15) is 24.2 Å². The molecule has 0 spiro atoms. The van der Waals surface area contributed by atoms with Gasteiger partial charge < -0.3 is 20.0 Å². The Bertz CT molecular complexity index is 828. The van der Waals surface area contributed by atoms with Crippen LogP contribution in [0.4, 0.5) is 0 Å². The standard InChI is InChI=1S/C23H32ClN5O2/c1-28(2)22(30)16-26-23(25-12-9-21-4-3-15-31-21)27-20-10-13-29(14-11-20)17-18-5-7-19(24)8-6-18/h3-8,15,20H,9-14,16-17H2,1-2H3,(H2,25,26,27). The largest absolute Gasteiger partial charge is 0.469 e. The van der Waals surface area contributed by atoms with Crippen molar-refractivity contribution >= 4 is 23.5 Å². The highest BCUT2D eigenvalue weighted by Crippen LogP contribution is 2.16. The average molecular weight is 446 g/mol. The second kappa shape index (κ2) is 11.8. The molecule has 0 unspecified atom stereocenters. The van der Waals surface area contributed by atoms with E-state index in [4.69, 9.17) is 16.0 Å². The van der Waals surface area contributed by atoms with Crippen LogP contribution in [-0.4, -0.2) is 68.0 Å². The third kappa shape index (κ3) is 7.92. The lowest BCUT2D eigenvalue weighted by Gasteiger charge is -2.33. The number of halogens is 1. The fraction of sp³-hybridized carbons (Fsp3) is 0.478. The molecular formula is C23H32ClN5O2. The van der Waals surface area contributed by atoms with Crippen LogP contribution in [0.5, 0.6) is 0 Å². The van der Waals surface area contributed by atoms with Gasteiger partial charge in [-0.2, -0.15) is 0 Å². The predicted octanol–water partition coefficient (Wildman–Crippen LogP) is 2.76. The number of amides is 1. The lowest BCUT2D eigenvalue weighted by Crippen LogP contribution is -2.49. The molecule has 1 aromatic carbocycles. The molecule has 31 heavy (non-hydrogen) atoms. The van der Waals surface area contributed by atoms with Gasteiger partial charge in [0, 0.05) is 57.8 Å². The Morgan fingerprint density at radius 1 is 1.23 bits per heavy atom. The first-order chi connectivity index (χ1) is 15.0. The van der Waals surface area contributed by atoms with Crippen molar-refractivity contribution < 1.29 is 9.21 Å². The van der Waals surface area contributed by atoms with Gasteiger partial charge in [-0.05, 0) is 42.7 Å². The molecule has 1 aromatic heterocycles. The molecule has 8 heteroatoms. The molecule has 1 fully saturated rings. The van der Waals surface area contributed by atoms with Gasteiger partial charge in [-0.3, -0.25) is 9.69 Å². The van der Waals surface area contributed by atoms with E-state index in [1.807, 2.05) is 24.3 Å². The first kappa shape index (κ1) is 23.2. The fourth-order valence-corrected chi connectivity index (χ4v) is 3.60. The van der Waals surface area contributed by atoms with Gasteiger partial charge in [-0.1, -0.05) is 23.7 Å². The predicted molar refractivity (Wildman–Crippen MR) is 124 cm³/mol. The number of carbonyl (C=O) groups excluding carboxylic acids is 1. The van der Waals surface area contributed by atoms with Crippen molar-refractivity contribution in [1.82, 2.24) is 20.4 Å². The SMILES string of the molecule is CN(C)C(=O)CN=C(NCCc1ccco1)NC1CCN(Cc2ccc(Cl)cc2)CC1. The van der Waals surface area contributed by atoms with E-state index in [-0.39, 0.29) is 12.5 Å². The number of likely N-dealkylation sites (N-methyl/N-ethyl adjacent to an activating group) is 1.